The highest BCUT2D eigenvalue weighted by Gasteiger charge is 2.10. The van der Waals surface area contributed by atoms with Crippen molar-refractivity contribution in [3.8, 4) is 11.5 Å². The van der Waals surface area contributed by atoms with Crippen LogP contribution in [0.4, 0.5) is 17.6 Å². The predicted octanol–water partition coefficient (Wildman–Crippen LogP) is 4.62. The summed E-state index contributed by atoms with van der Waals surface area (Å²) >= 11 is 5.73. The molecule has 0 amide bonds. The van der Waals surface area contributed by atoms with Crippen molar-refractivity contribution in [3.63, 3.8) is 0 Å². The van der Waals surface area contributed by atoms with E-state index in [-0.39, 0.29) is 20.4 Å². The molecule has 2 aromatic carbocycles. The molecule has 0 radical (unpaired) electrons. The Morgan fingerprint density at radius 2 is 1.38 bits per heavy atom. The molecule has 0 bridgehead atoms. The molecular weight excluding hydrogens is 468 g/mol. The minimum atomic E-state index is -1.19. The first-order chi connectivity index (χ1) is 11.1. The second kappa shape index (κ2) is 8.88. The van der Waals surface area contributed by atoms with E-state index in [2.05, 4.69) is 36.6 Å². The Labute approximate surface area is 149 Å². The second-order valence-corrected chi connectivity index (χ2v) is 5.81. The molecule has 0 unspecified atom stereocenters. The van der Waals surface area contributed by atoms with Crippen LogP contribution in [0.25, 0.3) is 0 Å². The maximum Gasteiger partial charge on any atom is 0.341 e. The number of ether oxygens (including phenoxy) is 1. The molecule has 0 fully saturated rings. The van der Waals surface area contributed by atoms with Crippen molar-refractivity contribution >= 4 is 37.8 Å². The van der Waals surface area contributed by atoms with Gasteiger partial charge in [-0.2, -0.15) is 0 Å². The van der Waals surface area contributed by atoms with E-state index in [9.17, 15) is 22.4 Å². The number of rotatable bonds is 3. The van der Waals surface area contributed by atoms with E-state index in [1.807, 2.05) is 0 Å². The first kappa shape index (κ1) is 20.2. The quantitative estimate of drug-likeness (QED) is 0.502. The number of phenols is 1. The third-order valence-corrected chi connectivity index (χ3v) is 3.57. The summed E-state index contributed by atoms with van der Waals surface area (Å²) < 4.78 is 54.7. The summed E-state index contributed by atoms with van der Waals surface area (Å²) in [6, 6.07) is 3.22. The van der Waals surface area contributed by atoms with E-state index in [1.54, 1.807) is 0 Å². The van der Waals surface area contributed by atoms with Gasteiger partial charge in [-0.15, -0.1) is 0 Å². The van der Waals surface area contributed by atoms with Gasteiger partial charge in [-0.05, 0) is 44.0 Å². The van der Waals surface area contributed by atoms with E-state index in [1.165, 1.54) is 0 Å². The molecule has 0 aliphatic heterocycles. The number of carboxylic acids is 1. The van der Waals surface area contributed by atoms with Crippen LogP contribution in [-0.2, 0) is 4.79 Å². The zero-order valence-corrected chi connectivity index (χ0v) is 14.7. The predicted molar refractivity (Wildman–Crippen MR) is 82.9 cm³/mol. The molecule has 0 saturated carbocycles. The van der Waals surface area contributed by atoms with E-state index in [0.717, 1.165) is 18.2 Å². The molecule has 2 rings (SSSR count). The molecule has 2 N–H and O–H groups in total. The van der Waals surface area contributed by atoms with Gasteiger partial charge in [0.15, 0.2) is 29.9 Å². The van der Waals surface area contributed by atoms with Crippen molar-refractivity contribution in [1.82, 2.24) is 0 Å². The normalized spacial score (nSPS) is 9.92. The summed E-state index contributed by atoms with van der Waals surface area (Å²) in [5, 5.41) is 17.1. The van der Waals surface area contributed by atoms with Crippen molar-refractivity contribution in [2.24, 2.45) is 0 Å². The van der Waals surface area contributed by atoms with Gasteiger partial charge in [-0.1, -0.05) is 0 Å². The minimum absolute atomic E-state index is 0.0497. The number of hydrogen-bond donors (Lipinski definition) is 2. The van der Waals surface area contributed by atoms with Crippen LogP contribution in [0.2, 0.25) is 0 Å². The fourth-order valence-electron chi connectivity index (χ4n) is 1.27. The Morgan fingerprint density at radius 1 is 0.917 bits per heavy atom. The number of halogens is 6. The molecular formula is C14H8Br2F4O4. The minimum Gasteiger partial charge on any atom is -0.507 e. The number of carboxylic acid groups (broad SMARTS) is 1. The van der Waals surface area contributed by atoms with Crippen LogP contribution >= 0.6 is 31.9 Å². The van der Waals surface area contributed by atoms with E-state index < -0.39 is 35.8 Å². The van der Waals surface area contributed by atoms with Crippen LogP contribution in [0, 0.1) is 23.3 Å². The van der Waals surface area contributed by atoms with Crippen molar-refractivity contribution < 1.29 is 37.3 Å². The molecule has 24 heavy (non-hydrogen) atoms. The number of aromatic hydroxyl groups is 1. The van der Waals surface area contributed by atoms with Crippen molar-refractivity contribution in [1.29, 1.82) is 0 Å². The highest BCUT2D eigenvalue weighted by Crippen LogP contribution is 2.27. The Kier molecular flexibility index (Phi) is 7.49. The molecule has 4 nitrogen and oxygen atoms in total. The summed E-state index contributed by atoms with van der Waals surface area (Å²) in [7, 11) is 0. The molecule has 0 aliphatic carbocycles. The second-order valence-electron chi connectivity index (χ2n) is 4.10. The fourth-order valence-corrected chi connectivity index (χ4v) is 2.01. The van der Waals surface area contributed by atoms with Gasteiger partial charge in [0.05, 0.1) is 8.95 Å². The van der Waals surface area contributed by atoms with Gasteiger partial charge in [0, 0.05) is 12.1 Å². The van der Waals surface area contributed by atoms with Gasteiger partial charge in [0.2, 0.25) is 0 Å². The summed E-state index contributed by atoms with van der Waals surface area (Å²) in [5.41, 5.74) is 0. The molecule has 0 spiro atoms. The topological polar surface area (TPSA) is 66.8 Å². The van der Waals surface area contributed by atoms with Crippen LogP contribution < -0.4 is 4.74 Å². The zero-order valence-electron chi connectivity index (χ0n) is 11.5. The number of aliphatic carboxylic acids is 1. The van der Waals surface area contributed by atoms with Gasteiger partial charge in [0.25, 0.3) is 0 Å². The smallest absolute Gasteiger partial charge is 0.341 e. The van der Waals surface area contributed by atoms with Crippen LogP contribution in [0.3, 0.4) is 0 Å². The van der Waals surface area contributed by atoms with Gasteiger partial charge >= 0.3 is 5.97 Å². The van der Waals surface area contributed by atoms with Crippen molar-refractivity contribution in [2.75, 3.05) is 6.61 Å². The maximum absolute atomic E-state index is 12.7. The lowest BCUT2D eigenvalue weighted by Crippen LogP contribution is -2.10. The van der Waals surface area contributed by atoms with E-state index >= 15 is 0 Å². The molecule has 0 heterocycles. The molecule has 130 valence electrons. The van der Waals surface area contributed by atoms with E-state index in [0.29, 0.717) is 6.07 Å². The molecule has 0 saturated heterocycles. The lowest BCUT2D eigenvalue weighted by atomic mass is 10.3. The van der Waals surface area contributed by atoms with Crippen LogP contribution in [-0.4, -0.2) is 22.8 Å². The molecule has 0 aliphatic rings. The first-order valence-corrected chi connectivity index (χ1v) is 7.53. The first-order valence-electron chi connectivity index (χ1n) is 5.94. The molecule has 10 heteroatoms. The SMILES string of the molecule is O=C(O)COc1cc(F)c(F)cc1Br.Oc1cc(F)c(F)cc1Br. The van der Waals surface area contributed by atoms with Crippen LogP contribution in [0.5, 0.6) is 11.5 Å². The molecule has 0 atom stereocenters. The van der Waals surface area contributed by atoms with Gasteiger partial charge in [-0.3, -0.25) is 0 Å². The lowest BCUT2D eigenvalue weighted by molar-refractivity contribution is -0.139. The summed E-state index contributed by atoms with van der Waals surface area (Å²) in [6.07, 6.45) is 0. The summed E-state index contributed by atoms with van der Waals surface area (Å²) in [4.78, 5) is 10.1. The summed E-state index contributed by atoms with van der Waals surface area (Å²) in [6.45, 7) is -0.607. The third-order valence-electron chi connectivity index (χ3n) is 2.32. The Bertz CT molecular complexity index is 706. The molecule has 0 aromatic heterocycles. The maximum atomic E-state index is 12.7. The zero-order chi connectivity index (χ0) is 18.4. The van der Waals surface area contributed by atoms with E-state index in [4.69, 9.17) is 10.2 Å². The Morgan fingerprint density at radius 3 is 1.88 bits per heavy atom. The average molecular weight is 476 g/mol. The highest BCUT2D eigenvalue weighted by molar-refractivity contribution is 9.10. The van der Waals surface area contributed by atoms with Gasteiger partial charge in [0.1, 0.15) is 11.5 Å². The third kappa shape index (κ3) is 6.00. The van der Waals surface area contributed by atoms with Crippen molar-refractivity contribution in [2.45, 2.75) is 0 Å². The van der Waals surface area contributed by atoms with Gasteiger partial charge < -0.3 is 14.9 Å². The largest absolute Gasteiger partial charge is 0.507 e. The monoisotopic (exact) mass is 474 g/mol. The standard InChI is InChI=1S/C8H5BrF2O3.C6H3BrF2O/c9-4-1-5(10)6(11)2-7(4)14-3-8(12)13;7-3-1-4(8)5(9)2-6(3)10/h1-2H,3H2,(H,12,13);1-2,10H. The van der Waals surface area contributed by atoms with Crippen LogP contribution in [0.1, 0.15) is 0 Å². The molecule has 2 aromatic rings. The average Bonchev–Trinajstić information content (AvgIpc) is 2.48. The number of hydrogen-bond acceptors (Lipinski definition) is 3. The fraction of sp³-hybridized carbons (Fsp3) is 0.0714. The number of phenolic OH excluding ortho intramolecular Hbond substituents is 1. The Hall–Kier alpha value is -1.81. The Balaban J connectivity index is 0.000000254. The summed E-state index contributed by atoms with van der Waals surface area (Å²) in [5.74, 6) is -5.70. The number of benzene rings is 2. The lowest BCUT2D eigenvalue weighted by Gasteiger charge is -2.05. The highest BCUT2D eigenvalue weighted by atomic mass is 79.9. The van der Waals surface area contributed by atoms with Gasteiger partial charge in [-0.25, -0.2) is 22.4 Å². The van der Waals surface area contributed by atoms with Crippen molar-refractivity contribution in [3.05, 3.63) is 56.5 Å². The van der Waals surface area contributed by atoms with Crippen LogP contribution in [0.15, 0.2) is 33.2 Å². The number of carbonyl (C=O) groups is 1.